The van der Waals surface area contributed by atoms with Gasteiger partial charge in [-0.25, -0.2) is 0 Å². The Morgan fingerprint density at radius 1 is 0.947 bits per heavy atom. The predicted octanol–water partition coefficient (Wildman–Crippen LogP) is 0.739. The number of aliphatic hydroxyl groups is 2. The Morgan fingerprint density at radius 3 is 2.37 bits per heavy atom. The van der Waals surface area contributed by atoms with Crippen molar-refractivity contribution in [2.45, 2.75) is 55.4 Å². The molecule has 0 heterocycles. The van der Waals surface area contributed by atoms with Gasteiger partial charge in [0.2, 0.25) is 0 Å². The highest BCUT2D eigenvalue weighted by atomic mass is 16.3. The second-order valence-electron chi connectivity index (χ2n) is 6.12. The van der Waals surface area contributed by atoms with Gasteiger partial charge in [0.15, 0.2) is 0 Å². The summed E-state index contributed by atoms with van der Waals surface area (Å²) in [4.78, 5) is 0. The predicted molar refractivity (Wildman–Crippen MR) is 73.2 cm³/mol. The minimum atomic E-state index is -1.51. The van der Waals surface area contributed by atoms with Gasteiger partial charge in [-0.2, -0.15) is 0 Å². The Morgan fingerprint density at radius 2 is 1.68 bits per heavy atom. The van der Waals surface area contributed by atoms with Gasteiger partial charge < -0.3 is 21.7 Å². The lowest BCUT2D eigenvalue weighted by Crippen LogP contribution is -2.73. The molecule has 2 aliphatic carbocycles. The summed E-state index contributed by atoms with van der Waals surface area (Å²) >= 11 is 0. The van der Waals surface area contributed by atoms with Crippen molar-refractivity contribution in [3.63, 3.8) is 0 Å². The molecule has 0 spiro atoms. The van der Waals surface area contributed by atoms with E-state index in [0.717, 1.165) is 30.4 Å². The van der Waals surface area contributed by atoms with Crippen LogP contribution < -0.4 is 11.5 Å². The fourth-order valence-corrected chi connectivity index (χ4v) is 3.92. The molecule has 3 rings (SSSR count). The van der Waals surface area contributed by atoms with Gasteiger partial charge in [-0.1, -0.05) is 24.3 Å². The molecule has 2 aliphatic rings. The van der Waals surface area contributed by atoms with Crippen LogP contribution in [0.2, 0.25) is 0 Å². The Hall–Kier alpha value is -0.940. The molecular formula is C15H22N2O2. The van der Waals surface area contributed by atoms with E-state index in [-0.39, 0.29) is 0 Å². The van der Waals surface area contributed by atoms with Crippen LogP contribution in [0.3, 0.4) is 0 Å². The zero-order valence-corrected chi connectivity index (χ0v) is 11.1. The number of fused-ring (bicyclic) bond motifs is 1. The van der Waals surface area contributed by atoms with Gasteiger partial charge in [-0.05, 0) is 49.7 Å². The number of aryl methyl sites for hydroxylation is 1. The van der Waals surface area contributed by atoms with E-state index < -0.39 is 16.9 Å². The van der Waals surface area contributed by atoms with Gasteiger partial charge in [-0.3, -0.25) is 0 Å². The zero-order chi connectivity index (χ0) is 13.7. The van der Waals surface area contributed by atoms with Crippen molar-refractivity contribution in [2.24, 2.45) is 11.5 Å². The van der Waals surface area contributed by atoms with Crippen molar-refractivity contribution in [1.29, 1.82) is 0 Å². The largest absolute Gasteiger partial charge is 0.383 e. The molecule has 3 atom stereocenters. The van der Waals surface area contributed by atoms with Crippen LogP contribution in [0.1, 0.15) is 43.2 Å². The maximum atomic E-state index is 11.3. The maximum absolute atomic E-state index is 11.3. The Kier molecular flexibility index (Phi) is 2.77. The van der Waals surface area contributed by atoms with Crippen LogP contribution >= 0.6 is 0 Å². The van der Waals surface area contributed by atoms with Crippen molar-refractivity contribution in [3.8, 4) is 0 Å². The molecule has 0 bridgehead atoms. The van der Waals surface area contributed by atoms with E-state index in [1.54, 1.807) is 0 Å². The van der Waals surface area contributed by atoms with Gasteiger partial charge in [0.05, 0.1) is 5.54 Å². The molecule has 104 valence electrons. The lowest BCUT2D eigenvalue weighted by atomic mass is 9.64. The first-order chi connectivity index (χ1) is 8.91. The molecule has 0 amide bonds. The van der Waals surface area contributed by atoms with E-state index in [9.17, 15) is 10.2 Å². The van der Waals surface area contributed by atoms with Crippen molar-refractivity contribution in [3.05, 3.63) is 35.4 Å². The van der Waals surface area contributed by atoms with Crippen molar-refractivity contribution < 1.29 is 10.2 Å². The van der Waals surface area contributed by atoms with Gasteiger partial charge >= 0.3 is 0 Å². The zero-order valence-electron chi connectivity index (χ0n) is 11.1. The Labute approximate surface area is 113 Å². The van der Waals surface area contributed by atoms with Crippen LogP contribution in [-0.4, -0.2) is 21.5 Å². The summed E-state index contributed by atoms with van der Waals surface area (Å²) in [7, 11) is 0. The summed E-state index contributed by atoms with van der Waals surface area (Å²) in [6, 6.07) is 7.81. The number of rotatable bonds is 1. The summed E-state index contributed by atoms with van der Waals surface area (Å²) in [5.41, 5.74) is 10.5. The molecule has 0 radical (unpaired) electrons. The SMILES string of the molecule is NC1(O)CCCC1(N)C1(O)CCCc2ccccc21. The quantitative estimate of drug-likeness (QED) is 0.562. The minimum Gasteiger partial charge on any atom is -0.383 e. The molecule has 6 N–H and O–H groups in total. The average molecular weight is 262 g/mol. The number of benzene rings is 1. The standard InChI is InChI=1S/C15H22N2O2/c16-14(9-4-10-15(14,17)19)13(18)8-3-6-11-5-1-2-7-12(11)13/h1-2,5,7,18-19H,3-4,6,8-10,16-17H2. The van der Waals surface area contributed by atoms with E-state index in [4.69, 9.17) is 11.5 Å². The van der Waals surface area contributed by atoms with Gasteiger partial charge in [0, 0.05) is 0 Å². The second kappa shape index (κ2) is 4.03. The van der Waals surface area contributed by atoms with E-state index in [1.165, 1.54) is 0 Å². The molecule has 4 nitrogen and oxygen atoms in total. The third kappa shape index (κ3) is 1.61. The highest BCUT2D eigenvalue weighted by Gasteiger charge is 2.62. The molecule has 1 saturated carbocycles. The molecule has 0 aromatic heterocycles. The first-order valence-electron chi connectivity index (χ1n) is 7.02. The second-order valence-corrected chi connectivity index (χ2v) is 6.12. The van der Waals surface area contributed by atoms with E-state index in [1.807, 2.05) is 24.3 Å². The molecule has 0 aliphatic heterocycles. The van der Waals surface area contributed by atoms with Crippen LogP contribution in [0.5, 0.6) is 0 Å². The number of nitrogens with two attached hydrogens (primary N) is 2. The van der Waals surface area contributed by atoms with Crippen molar-refractivity contribution in [2.75, 3.05) is 0 Å². The monoisotopic (exact) mass is 262 g/mol. The van der Waals surface area contributed by atoms with Crippen LogP contribution in [0, 0.1) is 0 Å². The molecule has 1 aromatic carbocycles. The van der Waals surface area contributed by atoms with Gasteiger partial charge in [0.25, 0.3) is 0 Å². The summed E-state index contributed by atoms with van der Waals surface area (Å²) in [6.45, 7) is 0. The van der Waals surface area contributed by atoms with Gasteiger partial charge in [0.1, 0.15) is 11.3 Å². The first-order valence-corrected chi connectivity index (χ1v) is 7.02. The average Bonchev–Trinajstić information content (AvgIpc) is 2.66. The normalized spacial score (nSPS) is 42.1. The lowest BCUT2D eigenvalue weighted by Gasteiger charge is -2.51. The third-order valence-electron chi connectivity index (χ3n) is 5.09. The number of hydrogen-bond acceptors (Lipinski definition) is 4. The summed E-state index contributed by atoms with van der Waals surface area (Å²) in [5.74, 6) is 0. The maximum Gasteiger partial charge on any atom is 0.134 e. The van der Waals surface area contributed by atoms with Gasteiger partial charge in [-0.15, -0.1) is 0 Å². The fourth-order valence-electron chi connectivity index (χ4n) is 3.92. The first kappa shape index (κ1) is 13.1. The number of hydrogen-bond donors (Lipinski definition) is 4. The molecule has 1 aromatic rings. The highest BCUT2D eigenvalue weighted by molar-refractivity contribution is 5.39. The lowest BCUT2D eigenvalue weighted by molar-refractivity contribution is -0.138. The molecule has 19 heavy (non-hydrogen) atoms. The van der Waals surface area contributed by atoms with Crippen LogP contribution in [0.25, 0.3) is 0 Å². The molecular weight excluding hydrogens is 240 g/mol. The molecule has 0 saturated heterocycles. The summed E-state index contributed by atoms with van der Waals surface area (Å²) in [5, 5.41) is 21.7. The third-order valence-corrected chi connectivity index (χ3v) is 5.09. The van der Waals surface area contributed by atoms with Crippen molar-refractivity contribution in [1.82, 2.24) is 0 Å². The molecule has 4 heteroatoms. The Balaban J connectivity index is 2.15. The Bertz CT molecular complexity index is 503. The topological polar surface area (TPSA) is 92.5 Å². The van der Waals surface area contributed by atoms with E-state index in [0.29, 0.717) is 19.3 Å². The molecule has 1 fully saturated rings. The minimum absolute atomic E-state index is 0.438. The smallest absolute Gasteiger partial charge is 0.134 e. The van der Waals surface area contributed by atoms with Crippen molar-refractivity contribution >= 4 is 0 Å². The summed E-state index contributed by atoms with van der Waals surface area (Å²) < 4.78 is 0. The van der Waals surface area contributed by atoms with Crippen LogP contribution in [0.4, 0.5) is 0 Å². The highest BCUT2D eigenvalue weighted by Crippen LogP contribution is 2.51. The van der Waals surface area contributed by atoms with E-state index in [2.05, 4.69) is 0 Å². The van der Waals surface area contributed by atoms with Crippen LogP contribution in [0.15, 0.2) is 24.3 Å². The summed E-state index contributed by atoms with van der Waals surface area (Å²) in [6.07, 6.45) is 4.09. The van der Waals surface area contributed by atoms with Crippen LogP contribution in [-0.2, 0) is 12.0 Å². The van der Waals surface area contributed by atoms with E-state index >= 15 is 0 Å². The fraction of sp³-hybridized carbons (Fsp3) is 0.600. The molecule has 3 unspecified atom stereocenters.